The van der Waals surface area contributed by atoms with Crippen LogP contribution < -0.4 is 0 Å². The Morgan fingerprint density at radius 2 is 1.47 bits per heavy atom. The van der Waals surface area contributed by atoms with Crippen molar-refractivity contribution in [2.24, 2.45) is 0 Å². The third-order valence-electron chi connectivity index (χ3n) is 3.29. The van der Waals surface area contributed by atoms with Gasteiger partial charge in [-0.3, -0.25) is 0 Å². The molecule has 2 heteroatoms. The summed E-state index contributed by atoms with van der Waals surface area (Å²) in [6, 6.07) is 9.19. The van der Waals surface area contributed by atoms with Crippen molar-refractivity contribution in [2.75, 3.05) is 0 Å². The Morgan fingerprint density at radius 3 is 2.18 bits per heavy atom. The summed E-state index contributed by atoms with van der Waals surface area (Å²) in [6.07, 6.45) is 0. The van der Waals surface area contributed by atoms with E-state index in [0.717, 1.165) is 27.8 Å². The summed E-state index contributed by atoms with van der Waals surface area (Å²) in [4.78, 5) is 0. The molecule has 0 amide bonds. The number of benzene rings is 2. The van der Waals surface area contributed by atoms with Crippen LogP contribution in [0, 0.1) is 20.8 Å². The summed E-state index contributed by atoms with van der Waals surface area (Å²) in [6.45, 7) is 5.70. The summed E-state index contributed by atoms with van der Waals surface area (Å²) < 4.78 is 0. The Kier molecular flexibility index (Phi) is 2.80. The number of phenols is 2. The highest BCUT2D eigenvalue weighted by Gasteiger charge is 2.11. The van der Waals surface area contributed by atoms with Gasteiger partial charge in [-0.25, -0.2) is 0 Å². The van der Waals surface area contributed by atoms with Crippen LogP contribution in [-0.2, 0) is 0 Å². The molecule has 0 saturated carbocycles. The molecule has 0 unspecified atom stereocenters. The Labute approximate surface area is 101 Å². The summed E-state index contributed by atoms with van der Waals surface area (Å²) in [7, 11) is 0. The normalized spacial score (nSPS) is 10.5. The van der Waals surface area contributed by atoms with Gasteiger partial charge in [0, 0.05) is 5.56 Å². The van der Waals surface area contributed by atoms with Gasteiger partial charge in [0.25, 0.3) is 0 Å². The molecule has 0 aromatic heterocycles. The standard InChI is InChI=1S/C15H16O2/c1-9-5-4-6-13(15(9)17)12-7-8-14(16)11(3)10(12)2/h4-8,16-17H,1-3H3. The van der Waals surface area contributed by atoms with E-state index < -0.39 is 0 Å². The van der Waals surface area contributed by atoms with Gasteiger partial charge in [-0.1, -0.05) is 24.3 Å². The minimum absolute atomic E-state index is 0.290. The van der Waals surface area contributed by atoms with Crippen molar-refractivity contribution in [2.45, 2.75) is 20.8 Å². The number of aromatic hydroxyl groups is 2. The first-order valence-corrected chi connectivity index (χ1v) is 5.60. The lowest BCUT2D eigenvalue weighted by atomic mass is 9.94. The molecule has 0 atom stereocenters. The molecule has 0 heterocycles. The lowest BCUT2D eigenvalue weighted by molar-refractivity contribution is 0.469. The van der Waals surface area contributed by atoms with Crippen molar-refractivity contribution in [3.05, 3.63) is 47.0 Å². The molecule has 0 aliphatic rings. The lowest BCUT2D eigenvalue weighted by Crippen LogP contribution is -1.89. The van der Waals surface area contributed by atoms with Gasteiger partial charge in [-0.2, -0.15) is 0 Å². The zero-order valence-electron chi connectivity index (χ0n) is 10.3. The van der Waals surface area contributed by atoms with Crippen LogP contribution in [0.1, 0.15) is 16.7 Å². The minimum Gasteiger partial charge on any atom is -0.508 e. The topological polar surface area (TPSA) is 40.5 Å². The fraction of sp³-hybridized carbons (Fsp3) is 0.200. The van der Waals surface area contributed by atoms with Crippen molar-refractivity contribution in [3.8, 4) is 22.6 Å². The fourth-order valence-electron chi connectivity index (χ4n) is 1.97. The van der Waals surface area contributed by atoms with E-state index in [-0.39, 0.29) is 0 Å². The van der Waals surface area contributed by atoms with Gasteiger partial charge in [0.1, 0.15) is 11.5 Å². The highest BCUT2D eigenvalue weighted by Crippen LogP contribution is 2.36. The van der Waals surface area contributed by atoms with Gasteiger partial charge < -0.3 is 10.2 Å². The first kappa shape index (κ1) is 11.5. The second-order valence-electron chi connectivity index (χ2n) is 4.35. The van der Waals surface area contributed by atoms with Crippen LogP contribution in [0.25, 0.3) is 11.1 Å². The van der Waals surface area contributed by atoms with Gasteiger partial charge in [-0.15, -0.1) is 0 Å². The first-order chi connectivity index (χ1) is 8.02. The fourth-order valence-corrected chi connectivity index (χ4v) is 1.97. The molecule has 0 spiro atoms. The lowest BCUT2D eigenvalue weighted by Gasteiger charge is -2.12. The van der Waals surface area contributed by atoms with Crippen molar-refractivity contribution < 1.29 is 10.2 Å². The zero-order valence-corrected chi connectivity index (χ0v) is 10.3. The van der Waals surface area contributed by atoms with E-state index in [9.17, 15) is 10.2 Å². The molecule has 0 bridgehead atoms. The molecule has 0 fully saturated rings. The number of rotatable bonds is 1. The molecule has 17 heavy (non-hydrogen) atoms. The maximum Gasteiger partial charge on any atom is 0.126 e. The van der Waals surface area contributed by atoms with Gasteiger partial charge in [0.2, 0.25) is 0 Å². The number of hydrogen-bond acceptors (Lipinski definition) is 2. The van der Waals surface area contributed by atoms with E-state index in [0.29, 0.717) is 11.5 Å². The molecule has 2 aromatic carbocycles. The average Bonchev–Trinajstić information content (AvgIpc) is 2.31. The van der Waals surface area contributed by atoms with Gasteiger partial charge in [0.15, 0.2) is 0 Å². The summed E-state index contributed by atoms with van der Waals surface area (Å²) >= 11 is 0. The third kappa shape index (κ3) is 1.86. The van der Waals surface area contributed by atoms with Crippen molar-refractivity contribution in [1.29, 1.82) is 0 Å². The van der Waals surface area contributed by atoms with Crippen molar-refractivity contribution in [1.82, 2.24) is 0 Å². The summed E-state index contributed by atoms with van der Waals surface area (Å²) in [5.41, 5.74) is 4.47. The van der Waals surface area contributed by atoms with E-state index in [1.54, 1.807) is 6.07 Å². The quantitative estimate of drug-likeness (QED) is 0.781. The van der Waals surface area contributed by atoms with Crippen LogP contribution in [0.15, 0.2) is 30.3 Å². The molecule has 2 nitrogen and oxygen atoms in total. The van der Waals surface area contributed by atoms with Gasteiger partial charge in [-0.05, 0) is 49.1 Å². The Bertz CT molecular complexity index is 571. The third-order valence-corrected chi connectivity index (χ3v) is 3.29. The highest BCUT2D eigenvalue weighted by atomic mass is 16.3. The van der Waals surface area contributed by atoms with E-state index >= 15 is 0 Å². The summed E-state index contributed by atoms with van der Waals surface area (Å²) in [5.74, 6) is 0.596. The molecule has 0 aliphatic heterocycles. The maximum absolute atomic E-state index is 10.1. The predicted molar refractivity (Wildman–Crippen MR) is 69.4 cm³/mol. The molecule has 2 N–H and O–H groups in total. The van der Waals surface area contributed by atoms with Crippen LogP contribution in [-0.4, -0.2) is 10.2 Å². The smallest absolute Gasteiger partial charge is 0.126 e. The van der Waals surface area contributed by atoms with Crippen LogP contribution in [0.4, 0.5) is 0 Å². The van der Waals surface area contributed by atoms with E-state index in [4.69, 9.17) is 0 Å². The van der Waals surface area contributed by atoms with Gasteiger partial charge in [0.05, 0.1) is 0 Å². The SMILES string of the molecule is Cc1cccc(-c2ccc(O)c(C)c2C)c1O. The van der Waals surface area contributed by atoms with Crippen molar-refractivity contribution in [3.63, 3.8) is 0 Å². The van der Waals surface area contributed by atoms with E-state index in [1.165, 1.54) is 0 Å². The molecular weight excluding hydrogens is 212 g/mol. The maximum atomic E-state index is 10.1. The number of aryl methyl sites for hydroxylation is 1. The molecule has 0 saturated heterocycles. The van der Waals surface area contributed by atoms with Gasteiger partial charge >= 0.3 is 0 Å². The van der Waals surface area contributed by atoms with E-state index in [1.807, 2.05) is 45.0 Å². The summed E-state index contributed by atoms with van der Waals surface area (Å²) in [5, 5.41) is 19.7. The number of phenolic OH excluding ortho intramolecular Hbond substituents is 2. The van der Waals surface area contributed by atoms with Crippen LogP contribution in [0.2, 0.25) is 0 Å². The largest absolute Gasteiger partial charge is 0.508 e. The predicted octanol–water partition coefficient (Wildman–Crippen LogP) is 3.69. The Balaban J connectivity index is 2.69. The van der Waals surface area contributed by atoms with Crippen molar-refractivity contribution >= 4 is 0 Å². The van der Waals surface area contributed by atoms with Crippen LogP contribution >= 0.6 is 0 Å². The number of para-hydroxylation sites is 1. The average molecular weight is 228 g/mol. The van der Waals surface area contributed by atoms with E-state index in [2.05, 4.69) is 0 Å². The van der Waals surface area contributed by atoms with Crippen LogP contribution in [0.3, 0.4) is 0 Å². The first-order valence-electron chi connectivity index (χ1n) is 5.60. The minimum atomic E-state index is 0.290. The van der Waals surface area contributed by atoms with Crippen LogP contribution in [0.5, 0.6) is 11.5 Å². The Morgan fingerprint density at radius 1 is 0.765 bits per heavy atom. The second-order valence-corrected chi connectivity index (χ2v) is 4.35. The second kappa shape index (κ2) is 4.13. The Hall–Kier alpha value is -1.96. The zero-order chi connectivity index (χ0) is 12.6. The molecule has 0 radical (unpaired) electrons. The molecule has 2 rings (SSSR count). The molecular formula is C15H16O2. The molecule has 2 aromatic rings. The molecule has 88 valence electrons. The highest BCUT2D eigenvalue weighted by molar-refractivity contribution is 5.76. The molecule has 0 aliphatic carbocycles. The monoisotopic (exact) mass is 228 g/mol. The number of hydrogen-bond donors (Lipinski definition) is 2.